The molecule has 0 saturated carbocycles. The maximum atomic E-state index is 11.9. The number of rotatable bonds is 3. The summed E-state index contributed by atoms with van der Waals surface area (Å²) < 4.78 is 6.12. The van der Waals surface area contributed by atoms with Crippen LogP contribution in [0.4, 0.5) is 5.82 Å². The third-order valence-electron chi connectivity index (χ3n) is 2.44. The zero-order valence-electron chi connectivity index (χ0n) is 10.2. The van der Waals surface area contributed by atoms with Crippen LogP contribution in [0.5, 0.6) is 0 Å². The van der Waals surface area contributed by atoms with E-state index in [1.54, 1.807) is 18.3 Å². The number of carbonyl (C=O) groups excluding carboxylic acids is 1. The van der Waals surface area contributed by atoms with Crippen LogP contribution in [0.15, 0.2) is 33.3 Å². The van der Waals surface area contributed by atoms with Gasteiger partial charge in [0, 0.05) is 12.6 Å². The SMILES string of the molecule is CCc1ccc(C(=O)Nc2ncc(C)cc2Br)o1. The molecule has 0 atom stereocenters. The quantitative estimate of drug-likeness (QED) is 0.943. The Labute approximate surface area is 114 Å². The highest BCUT2D eigenvalue weighted by molar-refractivity contribution is 9.10. The average Bonchev–Trinajstić information content (AvgIpc) is 2.81. The van der Waals surface area contributed by atoms with Crippen molar-refractivity contribution in [2.45, 2.75) is 20.3 Å². The van der Waals surface area contributed by atoms with E-state index >= 15 is 0 Å². The molecule has 1 N–H and O–H groups in total. The van der Waals surface area contributed by atoms with E-state index in [-0.39, 0.29) is 5.91 Å². The molecule has 1 amide bonds. The fourth-order valence-electron chi connectivity index (χ4n) is 1.48. The lowest BCUT2D eigenvalue weighted by Crippen LogP contribution is -2.12. The fraction of sp³-hybridized carbons (Fsp3) is 0.231. The van der Waals surface area contributed by atoms with E-state index < -0.39 is 0 Å². The van der Waals surface area contributed by atoms with Crippen molar-refractivity contribution in [3.05, 3.63) is 46.0 Å². The van der Waals surface area contributed by atoms with Crippen molar-refractivity contribution in [2.75, 3.05) is 5.32 Å². The highest BCUT2D eigenvalue weighted by Gasteiger charge is 2.13. The topological polar surface area (TPSA) is 55.1 Å². The minimum absolute atomic E-state index is 0.293. The normalized spacial score (nSPS) is 10.4. The van der Waals surface area contributed by atoms with E-state index in [2.05, 4.69) is 26.2 Å². The first-order valence-corrected chi connectivity index (χ1v) is 6.41. The molecule has 2 aromatic rings. The largest absolute Gasteiger partial charge is 0.456 e. The number of hydrogen-bond donors (Lipinski definition) is 1. The molecule has 2 aromatic heterocycles. The highest BCUT2D eigenvalue weighted by atomic mass is 79.9. The molecule has 0 radical (unpaired) electrons. The zero-order chi connectivity index (χ0) is 13.1. The molecule has 2 rings (SSSR count). The Morgan fingerprint density at radius 1 is 1.50 bits per heavy atom. The first-order valence-electron chi connectivity index (χ1n) is 5.62. The Bertz CT molecular complexity index is 578. The predicted octanol–water partition coefficient (Wildman–Crippen LogP) is 3.56. The Morgan fingerprint density at radius 3 is 2.89 bits per heavy atom. The Kier molecular flexibility index (Phi) is 3.81. The zero-order valence-corrected chi connectivity index (χ0v) is 11.7. The van der Waals surface area contributed by atoms with E-state index in [1.807, 2.05) is 19.9 Å². The van der Waals surface area contributed by atoms with E-state index in [4.69, 9.17) is 4.42 Å². The summed E-state index contributed by atoms with van der Waals surface area (Å²) >= 11 is 3.36. The standard InChI is InChI=1S/C13H13BrN2O2/c1-3-9-4-5-11(18-9)13(17)16-12-10(14)6-8(2)7-15-12/h4-7H,3H2,1-2H3,(H,15,16,17). The van der Waals surface area contributed by atoms with Gasteiger partial charge in [-0.15, -0.1) is 0 Å². The molecular weight excluding hydrogens is 296 g/mol. The predicted molar refractivity (Wildman–Crippen MR) is 72.7 cm³/mol. The molecule has 0 fully saturated rings. The van der Waals surface area contributed by atoms with Crippen molar-refractivity contribution in [1.29, 1.82) is 0 Å². The van der Waals surface area contributed by atoms with Crippen molar-refractivity contribution < 1.29 is 9.21 Å². The lowest BCUT2D eigenvalue weighted by Gasteiger charge is -2.05. The Hall–Kier alpha value is -1.62. The number of anilines is 1. The second-order valence-corrected chi connectivity index (χ2v) is 4.77. The number of nitrogens with one attached hydrogen (secondary N) is 1. The van der Waals surface area contributed by atoms with Crippen molar-refractivity contribution in [1.82, 2.24) is 4.98 Å². The second-order valence-electron chi connectivity index (χ2n) is 3.92. The minimum atomic E-state index is -0.299. The number of nitrogens with zero attached hydrogens (tertiary/aromatic N) is 1. The molecule has 0 unspecified atom stereocenters. The first-order chi connectivity index (χ1) is 8.60. The van der Waals surface area contributed by atoms with Crippen LogP contribution in [-0.2, 0) is 6.42 Å². The summed E-state index contributed by atoms with van der Waals surface area (Å²) in [6, 6.07) is 5.35. The van der Waals surface area contributed by atoms with Gasteiger partial charge < -0.3 is 9.73 Å². The first kappa shape index (κ1) is 12.8. The van der Waals surface area contributed by atoms with Crippen molar-refractivity contribution >= 4 is 27.7 Å². The molecule has 5 heteroatoms. The molecule has 0 aliphatic rings. The summed E-state index contributed by atoms with van der Waals surface area (Å²) in [6.07, 6.45) is 2.46. The van der Waals surface area contributed by atoms with Gasteiger partial charge in [-0.3, -0.25) is 4.79 Å². The fourth-order valence-corrected chi connectivity index (χ4v) is 2.05. The van der Waals surface area contributed by atoms with Gasteiger partial charge in [0.05, 0.1) is 4.47 Å². The van der Waals surface area contributed by atoms with Gasteiger partial charge in [-0.1, -0.05) is 6.92 Å². The monoisotopic (exact) mass is 308 g/mol. The van der Waals surface area contributed by atoms with Gasteiger partial charge in [0.15, 0.2) is 5.76 Å². The summed E-state index contributed by atoms with van der Waals surface area (Å²) in [5.74, 6) is 1.27. The summed E-state index contributed by atoms with van der Waals surface area (Å²) in [5.41, 5.74) is 1.02. The number of furan rings is 1. The Balaban J connectivity index is 2.16. The van der Waals surface area contributed by atoms with Crippen molar-refractivity contribution in [3.63, 3.8) is 0 Å². The maximum absolute atomic E-state index is 11.9. The van der Waals surface area contributed by atoms with Gasteiger partial charge in [0.2, 0.25) is 0 Å². The average molecular weight is 309 g/mol. The molecule has 94 valence electrons. The second kappa shape index (κ2) is 5.35. The molecule has 0 spiro atoms. The molecule has 0 aliphatic heterocycles. The summed E-state index contributed by atoms with van der Waals surface area (Å²) in [7, 11) is 0. The molecular formula is C13H13BrN2O2. The minimum Gasteiger partial charge on any atom is -0.456 e. The molecule has 0 bridgehead atoms. The molecule has 4 nitrogen and oxygen atoms in total. The number of halogens is 1. The van der Waals surface area contributed by atoms with Crippen LogP contribution in [-0.4, -0.2) is 10.9 Å². The van der Waals surface area contributed by atoms with Gasteiger partial charge in [0.1, 0.15) is 11.6 Å². The molecule has 0 aromatic carbocycles. The number of aromatic nitrogens is 1. The summed E-state index contributed by atoms with van der Waals surface area (Å²) in [6.45, 7) is 3.90. The number of pyridine rings is 1. The molecule has 0 aliphatic carbocycles. The van der Waals surface area contributed by atoms with E-state index in [1.165, 1.54) is 0 Å². The summed E-state index contributed by atoms with van der Waals surface area (Å²) in [5, 5.41) is 2.70. The van der Waals surface area contributed by atoms with Crippen LogP contribution in [0.3, 0.4) is 0 Å². The van der Waals surface area contributed by atoms with Gasteiger partial charge in [-0.2, -0.15) is 0 Å². The molecule has 18 heavy (non-hydrogen) atoms. The third kappa shape index (κ3) is 2.79. The van der Waals surface area contributed by atoms with E-state index in [9.17, 15) is 4.79 Å². The lowest BCUT2D eigenvalue weighted by atomic mass is 10.3. The van der Waals surface area contributed by atoms with Crippen LogP contribution in [0.1, 0.15) is 28.8 Å². The van der Waals surface area contributed by atoms with Crippen LogP contribution >= 0.6 is 15.9 Å². The maximum Gasteiger partial charge on any atom is 0.292 e. The number of amides is 1. The van der Waals surface area contributed by atoms with Crippen LogP contribution in [0.2, 0.25) is 0 Å². The lowest BCUT2D eigenvalue weighted by molar-refractivity contribution is 0.0994. The highest BCUT2D eigenvalue weighted by Crippen LogP contribution is 2.21. The van der Waals surface area contributed by atoms with Gasteiger partial charge in [-0.25, -0.2) is 4.98 Å². The molecule has 0 saturated heterocycles. The van der Waals surface area contributed by atoms with Gasteiger partial charge in [-0.05, 0) is 46.6 Å². The van der Waals surface area contributed by atoms with Crippen molar-refractivity contribution in [2.24, 2.45) is 0 Å². The van der Waals surface area contributed by atoms with Crippen molar-refractivity contribution in [3.8, 4) is 0 Å². The number of aryl methyl sites for hydroxylation is 2. The van der Waals surface area contributed by atoms with E-state index in [0.717, 1.165) is 22.2 Å². The van der Waals surface area contributed by atoms with Crippen LogP contribution in [0.25, 0.3) is 0 Å². The smallest absolute Gasteiger partial charge is 0.292 e. The molecule has 2 heterocycles. The van der Waals surface area contributed by atoms with E-state index in [0.29, 0.717) is 11.6 Å². The van der Waals surface area contributed by atoms with Gasteiger partial charge >= 0.3 is 0 Å². The third-order valence-corrected chi connectivity index (χ3v) is 3.05. The number of hydrogen-bond acceptors (Lipinski definition) is 3. The summed E-state index contributed by atoms with van der Waals surface area (Å²) in [4.78, 5) is 16.1. The number of carbonyl (C=O) groups is 1. The van der Waals surface area contributed by atoms with Crippen LogP contribution in [0, 0.1) is 6.92 Å². The van der Waals surface area contributed by atoms with Crippen LogP contribution < -0.4 is 5.32 Å². The van der Waals surface area contributed by atoms with Gasteiger partial charge in [0.25, 0.3) is 5.91 Å². The Morgan fingerprint density at radius 2 is 2.28 bits per heavy atom.